The first-order valence-electron chi connectivity index (χ1n) is 9.93. The molecule has 1 saturated heterocycles. The highest BCUT2D eigenvalue weighted by molar-refractivity contribution is 7.86. The van der Waals surface area contributed by atoms with E-state index in [0.717, 1.165) is 15.3 Å². The number of hydrogen-bond acceptors (Lipinski definition) is 4. The molecule has 0 N–H and O–H groups in total. The van der Waals surface area contributed by atoms with Gasteiger partial charge in [-0.15, -0.1) is 11.3 Å². The third kappa shape index (κ3) is 5.15. The van der Waals surface area contributed by atoms with Crippen molar-refractivity contribution in [3.63, 3.8) is 0 Å². The molecule has 162 valence electrons. The predicted octanol–water partition coefficient (Wildman–Crippen LogP) is 3.30. The molecule has 2 heterocycles. The molecule has 6 nitrogen and oxygen atoms in total. The highest BCUT2D eigenvalue weighted by Gasteiger charge is 2.31. The number of thiophene rings is 1. The van der Waals surface area contributed by atoms with Crippen molar-refractivity contribution in [3.8, 4) is 10.4 Å². The Morgan fingerprint density at radius 3 is 2.30 bits per heavy atom. The molecular formula is C21H26FN3O3S2. The summed E-state index contributed by atoms with van der Waals surface area (Å²) >= 11 is 1.52. The highest BCUT2D eigenvalue weighted by Crippen LogP contribution is 2.29. The zero-order valence-corrected chi connectivity index (χ0v) is 18.8. The normalized spacial score (nSPS) is 15.9. The van der Waals surface area contributed by atoms with Crippen molar-refractivity contribution in [1.82, 2.24) is 13.5 Å². The Morgan fingerprint density at radius 1 is 1.07 bits per heavy atom. The van der Waals surface area contributed by atoms with E-state index in [-0.39, 0.29) is 11.7 Å². The molecule has 0 radical (unpaired) electrons. The number of carbonyl (C=O) groups is 1. The monoisotopic (exact) mass is 451 g/mol. The van der Waals surface area contributed by atoms with Crippen molar-refractivity contribution in [2.45, 2.75) is 13.8 Å². The maximum absolute atomic E-state index is 13.1. The summed E-state index contributed by atoms with van der Waals surface area (Å²) in [5, 5.41) is 0. The summed E-state index contributed by atoms with van der Waals surface area (Å²) in [6, 6.07) is 10.2. The Hall–Kier alpha value is -2.07. The minimum absolute atomic E-state index is 0.133. The molecule has 0 saturated carbocycles. The van der Waals surface area contributed by atoms with E-state index in [4.69, 9.17) is 0 Å². The number of amides is 1. The summed E-state index contributed by atoms with van der Waals surface area (Å²) in [6.45, 7) is 5.83. The fourth-order valence-electron chi connectivity index (χ4n) is 3.32. The molecule has 0 atom stereocenters. The van der Waals surface area contributed by atoms with Crippen LogP contribution < -0.4 is 0 Å². The zero-order valence-electron chi connectivity index (χ0n) is 17.1. The first-order valence-corrected chi connectivity index (χ1v) is 12.1. The molecular weight excluding hydrogens is 425 g/mol. The molecule has 0 aliphatic carbocycles. The lowest BCUT2D eigenvalue weighted by molar-refractivity contribution is -0.127. The fraction of sp³-hybridized carbons (Fsp3) is 0.381. The third-order valence-electron chi connectivity index (χ3n) is 5.05. The number of benzene rings is 1. The topological polar surface area (TPSA) is 60.9 Å². The van der Waals surface area contributed by atoms with E-state index in [2.05, 4.69) is 0 Å². The third-order valence-corrected chi connectivity index (χ3v) is 8.34. The lowest BCUT2D eigenvalue weighted by Gasteiger charge is -2.35. The van der Waals surface area contributed by atoms with Gasteiger partial charge in [-0.25, -0.2) is 4.39 Å². The van der Waals surface area contributed by atoms with Crippen molar-refractivity contribution in [2.24, 2.45) is 0 Å². The minimum atomic E-state index is -3.47. The largest absolute Gasteiger partial charge is 0.337 e. The fourth-order valence-corrected chi connectivity index (χ4v) is 5.84. The van der Waals surface area contributed by atoms with E-state index < -0.39 is 10.2 Å². The van der Waals surface area contributed by atoms with Crippen molar-refractivity contribution < 1.29 is 17.6 Å². The summed E-state index contributed by atoms with van der Waals surface area (Å²) < 4.78 is 41.1. The Balaban J connectivity index is 1.57. The van der Waals surface area contributed by atoms with E-state index in [0.29, 0.717) is 39.3 Å². The summed E-state index contributed by atoms with van der Waals surface area (Å²) in [6.07, 6.45) is 3.29. The van der Waals surface area contributed by atoms with Gasteiger partial charge < -0.3 is 4.90 Å². The van der Waals surface area contributed by atoms with Gasteiger partial charge in [0, 0.05) is 55.1 Å². The van der Waals surface area contributed by atoms with Gasteiger partial charge in [0.25, 0.3) is 10.2 Å². The molecule has 1 aliphatic rings. The number of carbonyl (C=O) groups excluding carboxylic acids is 1. The molecule has 1 aliphatic heterocycles. The average molecular weight is 452 g/mol. The Labute approximate surface area is 181 Å². The van der Waals surface area contributed by atoms with Crippen LogP contribution in [0.15, 0.2) is 42.5 Å². The second kappa shape index (κ2) is 9.82. The number of halogens is 1. The minimum Gasteiger partial charge on any atom is -0.337 e. The van der Waals surface area contributed by atoms with Gasteiger partial charge in [0.15, 0.2) is 0 Å². The van der Waals surface area contributed by atoms with Crippen molar-refractivity contribution in [3.05, 3.63) is 53.2 Å². The average Bonchev–Trinajstić information content (AvgIpc) is 3.22. The predicted molar refractivity (Wildman–Crippen MR) is 119 cm³/mol. The number of hydrogen-bond donors (Lipinski definition) is 0. The van der Waals surface area contributed by atoms with Crippen molar-refractivity contribution >= 4 is 33.5 Å². The van der Waals surface area contributed by atoms with Crippen molar-refractivity contribution in [1.29, 1.82) is 0 Å². The van der Waals surface area contributed by atoms with Crippen LogP contribution in [0.5, 0.6) is 0 Å². The van der Waals surface area contributed by atoms with Gasteiger partial charge in [-0.1, -0.05) is 26.0 Å². The molecule has 3 rings (SSSR count). The van der Waals surface area contributed by atoms with Gasteiger partial charge in [0.1, 0.15) is 5.82 Å². The van der Waals surface area contributed by atoms with E-state index in [1.807, 2.05) is 26.0 Å². The number of nitrogens with zero attached hydrogens (tertiary/aromatic N) is 3. The van der Waals surface area contributed by atoms with Gasteiger partial charge in [0.2, 0.25) is 5.91 Å². The molecule has 0 unspecified atom stereocenters. The molecule has 30 heavy (non-hydrogen) atoms. The Kier molecular flexibility index (Phi) is 7.41. The van der Waals surface area contributed by atoms with Gasteiger partial charge in [-0.05, 0) is 35.9 Å². The maximum atomic E-state index is 13.1. The second-order valence-corrected chi connectivity index (χ2v) is 9.90. The van der Waals surface area contributed by atoms with E-state index in [9.17, 15) is 17.6 Å². The number of rotatable bonds is 7. The smallest absolute Gasteiger partial charge is 0.282 e. The molecule has 0 spiro atoms. The Bertz CT molecular complexity index is 991. The quantitative estimate of drug-likeness (QED) is 0.607. The summed E-state index contributed by atoms with van der Waals surface area (Å²) in [5.74, 6) is -0.405. The van der Waals surface area contributed by atoms with Crippen LogP contribution in [-0.4, -0.2) is 67.1 Å². The van der Waals surface area contributed by atoms with Gasteiger partial charge in [0.05, 0.1) is 0 Å². The van der Waals surface area contributed by atoms with Gasteiger partial charge >= 0.3 is 0 Å². The van der Waals surface area contributed by atoms with E-state index in [1.165, 1.54) is 38.2 Å². The van der Waals surface area contributed by atoms with Crippen LogP contribution >= 0.6 is 11.3 Å². The second-order valence-electron chi connectivity index (χ2n) is 6.86. The highest BCUT2D eigenvalue weighted by atomic mass is 32.2. The van der Waals surface area contributed by atoms with Gasteiger partial charge in [-0.2, -0.15) is 17.0 Å². The lowest BCUT2D eigenvalue weighted by atomic mass is 10.2. The van der Waals surface area contributed by atoms with Crippen LogP contribution in [0.3, 0.4) is 0 Å². The Morgan fingerprint density at radius 2 is 1.70 bits per heavy atom. The molecule has 1 aromatic carbocycles. The van der Waals surface area contributed by atoms with E-state index >= 15 is 0 Å². The summed E-state index contributed by atoms with van der Waals surface area (Å²) in [4.78, 5) is 16.1. The van der Waals surface area contributed by atoms with Crippen LogP contribution in [0, 0.1) is 5.82 Å². The zero-order chi connectivity index (χ0) is 21.7. The molecule has 2 aromatic rings. The molecule has 9 heteroatoms. The van der Waals surface area contributed by atoms with Crippen LogP contribution in [0.25, 0.3) is 16.5 Å². The van der Waals surface area contributed by atoms with Crippen LogP contribution in [0.1, 0.15) is 18.7 Å². The number of piperazine rings is 1. The molecule has 1 amide bonds. The van der Waals surface area contributed by atoms with E-state index in [1.54, 1.807) is 23.1 Å². The molecule has 0 bridgehead atoms. The summed E-state index contributed by atoms with van der Waals surface area (Å²) in [5.41, 5.74) is 0.929. The lowest BCUT2D eigenvalue weighted by Crippen LogP contribution is -2.53. The first kappa shape index (κ1) is 22.6. The summed E-state index contributed by atoms with van der Waals surface area (Å²) in [7, 11) is -3.47. The van der Waals surface area contributed by atoms with Crippen molar-refractivity contribution in [2.75, 3.05) is 39.3 Å². The van der Waals surface area contributed by atoms with Crippen LogP contribution in [-0.2, 0) is 15.0 Å². The van der Waals surface area contributed by atoms with Gasteiger partial charge in [-0.3, -0.25) is 4.79 Å². The van der Waals surface area contributed by atoms with Crippen LogP contribution in [0.2, 0.25) is 0 Å². The SMILES string of the molecule is CCN(CC)S(=O)(=O)N1CCN(C(=O)/C=C/c2ccc(-c3ccc(F)cc3)s2)CC1. The first-order chi connectivity index (χ1) is 14.3. The van der Waals surface area contributed by atoms with Crippen LogP contribution in [0.4, 0.5) is 4.39 Å². The molecule has 1 aromatic heterocycles. The molecule has 1 fully saturated rings. The maximum Gasteiger partial charge on any atom is 0.282 e. The standard InChI is InChI=1S/C21H26FN3O3S2/c1-3-24(4-2)30(27,28)25-15-13-23(14-16-25)21(26)12-10-19-9-11-20(29-19)17-5-7-18(22)8-6-17/h5-12H,3-4,13-16H2,1-2H3/b12-10+.